The van der Waals surface area contributed by atoms with E-state index in [-0.39, 0.29) is 0 Å². The molecule has 0 fully saturated rings. The second kappa shape index (κ2) is 7.70. The third kappa shape index (κ3) is 4.50. The van der Waals surface area contributed by atoms with Gasteiger partial charge in [0.15, 0.2) is 0 Å². The molecule has 0 aliphatic carbocycles. The Bertz CT molecular complexity index is 564. The van der Waals surface area contributed by atoms with Gasteiger partial charge in [-0.25, -0.2) is 0 Å². The Kier molecular flexibility index (Phi) is 5.64. The second-order valence-electron chi connectivity index (χ2n) is 4.89. The highest BCUT2D eigenvalue weighted by molar-refractivity contribution is 5.41. The van der Waals surface area contributed by atoms with Crippen LogP contribution in [0, 0.1) is 6.92 Å². The molecule has 0 bridgehead atoms. The normalized spacial score (nSPS) is 10.4. The maximum atomic E-state index is 5.93. The fourth-order valence-electron chi connectivity index (χ4n) is 2.10. The van der Waals surface area contributed by atoms with Gasteiger partial charge in [0.05, 0.1) is 6.61 Å². The summed E-state index contributed by atoms with van der Waals surface area (Å²) in [6.45, 7) is 8.69. The van der Waals surface area contributed by atoms with Crippen molar-refractivity contribution in [3.63, 3.8) is 0 Å². The van der Waals surface area contributed by atoms with E-state index in [4.69, 9.17) is 9.47 Å². The van der Waals surface area contributed by atoms with E-state index in [1.807, 2.05) is 37.3 Å². The predicted molar refractivity (Wildman–Crippen MR) is 86.2 cm³/mol. The van der Waals surface area contributed by atoms with Crippen molar-refractivity contribution in [1.82, 2.24) is 5.32 Å². The van der Waals surface area contributed by atoms with Crippen molar-refractivity contribution in [2.24, 2.45) is 0 Å². The van der Waals surface area contributed by atoms with E-state index in [0.29, 0.717) is 6.61 Å². The Morgan fingerprint density at radius 2 is 1.67 bits per heavy atom. The van der Waals surface area contributed by atoms with Gasteiger partial charge in [0, 0.05) is 6.54 Å². The van der Waals surface area contributed by atoms with E-state index in [2.05, 4.69) is 31.3 Å². The van der Waals surface area contributed by atoms with Gasteiger partial charge in [-0.15, -0.1) is 0 Å². The molecule has 3 heteroatoms. The molecule has 0 spiro atoms. The zero-order valence-electron chi connectivity index (χ0n) is 13.0. The molecule has 1 N–H and O–H groups in total. The molecular formula is C18H23NO2. The highest BCUT2D eigenvalue weighted by Gasteiger charge is 2.03. The molecule has 0 aromatic heterocycles. The summed E-state index contributed by atoms with van der Waals surface area (Å²) in [6.07, 6.45) is 0. The van der Waals surface area contributed by atoms with Crippen molar-refractivity contribution < 1.29 is 9.47 Å². The molecular weight excluding hydrogens is 262 g/mol. The smallest absolute Gasteiger partial charge is 0.130 e. The first kappa shape index (κ1) is 15.4. The molecule has 0 aliphatic heterocycles. The summed E-state index contributed by atoms with van der Waals surface area (Å²) in [4.78, 5) is 0. The number of rotatable bonds is 7. The molecule has 2 aromatic rings. The average molecular weight is 285 g/mol. The van der Waals surface area contributed by atoms with E-state index < -0.39 is 0 Å². The third-order valence-corrected chi connectivity index (χ3v) is 3.18. The highest BCUT2D eigenvalue weighted by atomic mass is 16.5. The molecule has 0 saturated heterocycles. The van der Waals surface area contributed by atoms with Gasteiger partial charge in [0.25, 0.3) is 0 Å². The van der Waals surface area contributed by atoms with Gasteiger partial charge in [0.2, 0.25) is 0 Å². The fraction of sp³-hybridized carbons (Fsp3) is 0.333. The van der Waals surface area contributed by atoms with Gasteiger partial charge in [0.1, 0.15) is 17.2 Å². The topological polar surface area (TPSA) is 30.5 Å². The Labute approximate surface area is 126 Å². The lowest BCUT2D eigenvalue weighted by Crippen LogP contribution is -2.11. The number of hydrogen-bond acceptors (Lipinski definition) is 3. The summed E-state index contributed by atoms with van der Waals surface area (Å²) in [7, 11) is 0. The zero-order chi connectivity index (χ0) is 15.1. The van der Waals surface area contributed by atoms with Gasteiger partial charge in [-0.1, -0.05) is 19.1 Å². The van der Waals surface area contributed by atoms with Crippen molar-refractivity contribution in [2.75, 3.05) is 13.2 Å². The molecule has 112 valence electrons. The molecule has 0 saturated carbocycles. The van der Waals surface area contributed by atoms with Crippen LogP contribution in [0.4, 0.5) is 0 Å². The molecule has 21 heavy (non-hydrogen) atoms. The molecule has 2 aromatic carbocycles. The largest absolute Gasteiger partial charge is 0.494 e. The van der Waals surface area contributed by atoms with E-state index in [1.165, 1.54) is 5.56 Å². The van der Waals surface area contributed by atoms with Gasteiger partial charge in [-0.3, -0.25) is 0 Å². The number of nitrogens with one attached hydrogen (secondary N) is 1. The van der Waals surface area contributed by atoms with Crippen molar-refractivity contribution in [1.29, 1.82) is 0 Å². The first-order valence-electron chi connectivity index (χ1n) is 7.44. The van der Waals surface area contributed by atoms with Gasteiger partial charge < -0.3 is 14.8 Å². The van der Waals surface area contributed by atoms with Crippen molar-refractivity contribution in [3.8, 4) is 17.2 Å². The van der Waals surface area contributed by atoms with Crippen LogP contribution in [0.15, 0.2) is 42.5 Å². The monoisotopic (exact) mass is 285 g/mol. The van der Waals surface area contributed by atoms with Crippen LogP contribution >= 0.6 is 0 Å². The minimum absolute atomic E-state index is 0.673. The number of benzene rings is 2. The van der Waals surface area contributed by atoms with Gasteiger partial charge in [-0.2, -0.15) is 0 Å². The lowest BCUT2D eigenvalue weighted by molar-refractivity contribution is 0.339. The maximum absolute atomic E-state index is 5.93. The van der Waals surface area contributed by atoms with E-state index in [0.717, 1.165) is 35.9 Å². The molecule has 0 amide bonds. The molecule has 0 heterocycles. The Hall–Kier alpha value is -2.00. The summed E-state index contributed by atoms with van der Waals surface area (Å²) in [5.41, 5.74) is 2.41. The summed E-state index contributed by atoms with van der Waals surface area (Å²) in [5, 5.41) is 3.32. The molecule has 0 unspecified atom stereocenters. The first-order chi connectivity index (χ1) is 10.2. The third-order valence-electron chi connectivity index (χ3n) is 3.18. The van der Waals surface area contributed by atoms with Gasteiger partial charge in [-0.05, 0) is 61.9 Å². The van der Waals surface area contributed by atoms with Crippen LogP contribution in [0.5, 0.6) is 17.2 Å². The first-order valence-corrected chi connectivity index (χ1v) is 7.44. The number of hydrogen-bond donors (Lipinski definition) is 1. The van der Waals surface area contributed by atoms with Crippen molar-refractivity contribution >= 4 is 0 Å². The molecule has 0 atom stereocenters. The number of aryl methyl sites for hydroxylation is 1. The van der Waals surface area contributed by atoms with Crippen molar-refractivity contribution in [2.45, 2.75) is 27.3 Å². The summed E-state index contributed by atoms with van der Waals surface area (Å²) >= 11 is 0. The molecule has 0 aliphatic rings. The predicted octanol–water partition coefficient (Wildman–Crippen LogP) is 4.30. The Morgan fingerprint density at radius 1 is 0.952 bits per heavy atom. The van der Waals surface area contributed by atoms with E-state index >= 15 is 0 Å². The standard InChI is InChI=1S/C18H23NO2/c1-4-19-13-15-6-11-18(14(3)12-15)21-17-9-7-16(8-10-17)20-5-2/h6-12,19H,4-5,13H2,1-3H3. The van der Waals surface area contributed by atoms with E-state index in [1.54, 1.807) is 0 Å². The van der Waals surface area contributed by atoms with Gasteiger partial charge >= 0.3 is 0 Å². The summed E-state index contributed by atoms with van der Waals surface area (Å²) < 4.78 is 11.4. The van der Waals surface area contributed by atoms with Crippen molar-refractivity contribution in [3.05, 3.63) is 53.6 Å². The summed E-state index contributed by atoms with van der Waals surface area (Å²) in [6, 6.07) is 14.0. The Balaban J connectivity index is 2.05. The SMILES string of the molecule is CCNCc1ccc(Oc2ccc(OCC)cc2)c(C)c1. The summed E-state index contributed by atoms with van der Waals surface area (Å²) in [5.74, 6) is 2.57. The maximum Gasteiger partial charge on any atom is 0.130 e. The lowest BCUT2D eigenvalue weighted by Gasteiger charge is -2.11. The van der Waals surface area contributed by atoms with E-state index in [9.17, 15) is 0 Å². The minimum Gasteiger partial charge on any atom is -0.494 e. The molecule has 2 rings (SSSR count). The molecule has 0 radical (unpaired) electrons. The average Bonchev–Trinajstić information content (AvgIpc) is 2.50. The van der Waals surface area contributed by atoms with Crippen LogP contribution in [0.3, 0.4) is 0 Å². The fourth-order valence-corrected chi connectivity index (χ4v) is 2.10. The van der Waals surface area contributed by atoms with Crippen LogP contribution in [-0.2, 0) is 6.54 Å². The van der Waals surface area contributed by atoms with Crippen LogP contribution < -0.4 is 14.8 Å². The van der Waals surface area contributed by atoms with Crippen LogP contribution in [0.25, 0.3) is 0 Å². The van der Waals surface area contributed by atoms with Crippen LogP contribution in [0.2, 0.25) is 0 Å². The zero-order valence-corrected chi connectivity index (χ0v) is 13.0. The second-order valence-corrected chi connectivity index (χ2v) is 4.89. The van der Waals surface area contributed by atoms with Crippen LogP contribution in [-0.4, -0.2) is 13.2 Å². The van der Waals surface area contributed by atoms with Crippen LogP contribution in [0.1, 0.15) is 25.0 Å². The number of ether oxygens (including phenoxy) is 2. The lowest BCUT2D eigenvalue weighted by atomic mass is 10.1. The molecule has 3 nitrogen and oxygen atoms in total. The highest BCUT2D eigenvalue weighted by Crippen LogP contribution is 2.27. The minimum atomic E-state index is 0.673. The quantitative estimate of drug-likeness (QED) is 0.823. The Morgan fingerprint density at radius 3 is 2.29 bits per heavy atom.